The summed E-state index contributed by atoms with van der Waals surface area (Å²) in [6.07, 6.45) is 0.537. The van der Waals surface area contributed by atoms with Crippen LogP contribution < -0.4 is 4.74 Å². The summed E-state index contributed by atoms with van der Waals surface area (Å²) in [6, 6.07) is 32.1. The van der Waals surface area contributed by atoms with Gasteiger partial charge in [0.15, 0.2) is 17.3 Å². The third kappa shape index (κ3) is 6.20. The molecular formula is C45H41NO5. The van der Waals surface area contributed by atoms with E-state index in [0.29, 0.717) is 34.5 Å². The van der Waals surface area contributed by atoms with Crippen LogP contribution in [-0.2, 0) is 22.0 Å². The lowest BCUT2D eigenvalue weighted by molar-refractivity contribution is -0.134. The number of nitrogens with zero attached hydrogens (tertiary/aromatic N) is 1. The number of hydrogen-bond acceptors (Lipinski definition) is 6. The first kappa shape index (κ1) is 33.9. The van der Waals surface area contributed by atoms with Gasteiger partial charge in [-0.15, -0.1) is 0 Å². The van der Waals surface area contributed by atoms with E-state index >= 15 is 0 Å². The predicted octanol–water partition coefficient (Wildman–Crippen LogP) is 10.1. The van der Waals surface area contributed by atoms with E-state index in [1.54, 1.807) is 18.2 Å². The minimum Gasteiger partial charge on any atom is -0.507 e. The summed E-state index contributed by atoms with van der Waals surface area (Å²) in [7, 11) is 0. The first-order valence-corrected chi connectivity index (χ1v) is 17.4. The van der Waals surface area contributed by atoms with Crippen molar-refractivity contribution in [1.29, 1.82) is 0 Å². The molecule has 51 heavy (non-hydrogen) atoms. The molecule has 0 saturated heterocycles. The van der Waals surface area contributed by atoms with E-state index < -0.39 is 11.9 Å². The largest absolute Gasteiger partial charge is 0.507 e. The number of phenolic OH excluding ortho intramolecular Hbond substituents is 1. The fourth-order valence-corrected chi connectivity index (χ4v) is 7.17. The minimum atomic E-state index is -1.11. The Morgan fingerprint density at radius 3 is 2.06 bits per heavy atom. The number of rotatable bonds is 6. The molecule has 7 rings (SSSR count). The fourth-order valence-electron chi connectivity index (χ4n) is 7.17. The van der Waals surface area contributed by atoms with E-state index in [2.05, 4.69) is 41.5 Å². The van der Waals surface area contributed by atoms with Gasteiger partial charge in [0, 0.05) is 28.5 Å². The molecule has 1 atom stereocenters. The molecule has 0 amide bonds. The van der Waals surface area contributed by atoms with Crippen LogP contribution in [0.1, 0.15) is 97.0 Å². The average Bonchev–Trinajstić information content (AvgIpc) is 3.34. The van der Waals surface area contributed by atoms with Crippen LogP contribution in [0.2, 0.25) is 0 Å². The zero-order chi connectivity index (χ0) is 36.2. The van der Waals surface area contributed by atoms with Crippen LogP contribution >= 0.6 is 0 Å². The number of ketones is 2. The monoisotopic (exact) mass is 675 g/mol. The van der Waals surface area contributed by atoms with Crippen molar-refractivity contribution >= 4 is 39.2 Å². The summed E-state index contributed by atoms with van der Waals surface area (Å²) in [4.78, 5) is 46.5. The molecule has 0 radical (unpaired) electrons. The number of hydrogen-bond donors (Lipinski definition) is 1. The van der Waals surface area contributed by atoms with Crippen molar-refractivity contribution in [2.24, 2.45) is 0 Å². The van der Waals surface area contributed by atoms with Gasteiger partial charge in [0.25, 0.3) is 0 Å². The molecule has 6 aromatic rings. The normalized spacial score (nSPS) is 14.7. The summed E-state index contributed by atoms with van der Waals surface area (Å²) < 4.78 is 5.91. The number of esters is 1. The Kier molecular flexibility index (Phi) is 8.37. The lowest BCUT2D eigenvalue weighted by Gasteiger charge is -2.28. The number of benzene rings is 5. The van der Waals surface area contributed by atoms with Crippen LogP contribution in [0.25, 0.3) is 32.8 Å². The van der Waals surface area contributed by atoms with Gasteiger partial charge < -0.3 is 9.84 Å². The van der Waals surface area contributed by atoms with E-state index in [9.17, 15) is 19.5 Å². The predicted molar refractivity (Wildman–Crippen MR) is 202 cm³/mol. The highest BCUT2D eigenvalue weighted by molar-refractivity contribution is 6.33. The van der Waals surface area contributed by atoms with Crippen molar-refractivity contribution in [3.63, 3.8) is 0 Å². The van der Waals surface area contributed by atoms with E-state index in [1.165, 1.54) is 0 Å². The lowest BCUT2D eigenvalue weighted by atomic mass is 9.78. The van der Waals surface area contributed by atoms with E-state index in [4.69, 9.17) is 9.72 Å². The Balaban J connectivity index is 1.20. The maximum atomic E-state index is 14.3. The van der Waals surface area contributed by atoms with Gasteiger partial charge in [0.05, 0.1) is 5.69 Å². The van der Waals surface area contributed by atoms with Crippen LogP contribution in [-0.4, -0.2) is 27.6 Å². The topological polar surface area (TPSA) is 93.6 Å². The van der Waals surface area contributed by atoms with Gasteiger partial charge in [-0.05, 0) is 68.5 Å². The molecule has 1 aliphatic carbocycles. The summed E-state index contributed by atoms with van der Waals surface area (Å²) in [5.41, 5.74) is 5.19. The number of para-hydroxylation sites is 1. The maximum Gasteiger partial charge on any atom is 0.311 e. The Labute approximate surface area is 298 Å². The van der Waals surface area contributed by atoms with Crippen molar-refractivity contribution in [2.75, 3.05) is 0 Å². The quantitative estimate of drug-likeness (QED) is 0.107. The van der Waals surface area contributed by atoms with Gasteiger partial charge in [-0.3, -0.25) is 14.4 Å². The lowest BCUT2D eigenvalue weighted by Crippen LogP contribution is -2.18. The zero-order valence-corrected chi connectivity index (χ0v) is 29.8. The number of Topliss-reactive ketones (excluding diaryl/α,β-unsaturated/α-hetero) is 2. The number of aryl methyl sites for hydroxylation is 1. The molecule has 6 heteroatoms. The number of phenols is 1. The molecule has 6 nitrogen and oxygen atoms in total. The maximum absolute atomic E-state index is 14.3. The molecule has 5 aromatic carbocycles. The Morgan fingerprint density at radius 1 is 0.725 bits per heavy atom. The number of pyridine rings is 1. The van der Waals surface area contributed by atoms with Gasteiger partial charge in [-0.25, -0.2) is 4.98 Å². The van der Waals surface area contributed by atoms with E-state index in [-0.39, 0.29) is 34.6 Å². The highest BCUT2D eigenvalue weighted by Gasteiger charge is 2.43. The molecule has 0 bridgehead atoms. The SMILES string of the molecule is CC(C)(C)c1cc(CCC(=O)Oc2cccc3ccc(C4C(=O)c5cc6ccccc6c(-c6ccccc6)c5C4=O)nc23)cc(C(C)(C)C)c1O. The van der Waals surface area contributed by atoms with Crippen molar-refractivity contribution in [3.8, 4) is 22.6 Å². The Hall–Kier alpha value is -5.62. The van der Waals surface area contributed by atoms with Crippen molar-refractivity contribution < 1.29 is 24.2 Å². The molecule has 0 spiro atoms. The number of aromatic nitrogens is 1. The van der Waals surface area contributed by atoms with Crippen LogP contribution in [0.15, 0.2) is 103 Å². The third-order valence-electron chi connectivity index (χ3n) is 9.78. The first-order chi connectivity index (χ1) is 24.2. The molecule has 0 aliphatic heterocycles. The molecule has 256 valence electrons. The minimum absolute atomic E-state index is 0.110. The molecule has 1 unspecified atom stereocenters. The van der Waals surface area contributed by atoms with Crippen molar-refractivity contribution in [3.05, 3.63) is 137 Å². The second kappa shape index (κ2) is 12.6. The summed E-state index contributed by atoms with van der Waals surface area (Å²) in [5.74, 6) is -1.57. The van der Waals surface area contributed by atoms with Gasteiger partial charge in [0.2, 0.25) is 0 Å². The number of fused-ring (bicyclic) bond motifs is 3. The summed E-state index contributed by atoms with van der Waals surface area (Å²) >= 11 is 0. The number of ether oxygens (including phenoxy) is 1. The van der Waals surface area contributed by atoms with Crippen LogP contribution in [0.5, 0.6) is 11.5 Å². The van der Waals surface area contributed by atoms with Crippen LogP contribution in [0.4, 0.5) is 0 Å². The standard InChI is InChI=1S/C45H41NO5/c1-44(2,3)32-23-26(24-33(42(32)49)45(4,5)6)19-22-36(47)51-35-18-12-16-28-20-21-34(46-40(28)35)39-41(48)31-25-29-15-10-11-17-30(29)37(38(31)43(39)50)27-13-8-7-9-14-27/h7-18,20-21,23-25,39,49H,19,22H2,1-6H3. The molecule has 1 aromatic heterocycles. The van der Waals surface area contributed by atoms with Crippen molar-refractivity contribution in [2.45, 2.75) is 71.1 Å². The van der Waals surface area contributed by atoms with Gasteiger partial charge in [-0.1, -0.05) is 126 Å². The molecule has 1 N–H and O–H groups in total. The smallest absolute Gasteiger partial charge is 0.311 e. The van der Waals surface area contributed by atoms with E-state index in [0.717, 1.165) is 44.0 Å². The second-order valence-corrected chi connectivity index (χ2v) is 15.5. The highest BCUT2D eigenvalue weighted by Crippen LogP contribution is 2.44. The van der Waals surface area contributed by atoms with Crippen molar-refractivity contribution in [1.82, 2.24) is 4.98 Å². The third-order valence-corrected chi connectivity index (χ3v) is 9.78. The molecule has 0 fully saturated rings. The average molecular weight is 676 g/mol. The number of carbonyl (C=O) groups is 3. The highest BCUT2D eigenvalue weighted by atomic mass is 16.5. The summed E-state index contributed by atoms with van der Waals surface area (Å²) in [6.45, 7) is 12.4. The number of carbonyl (C=O) groups excluding carboxylic acids is 3. The van der Waals surface area contributed by atoms with Gasteiger partial charge in [-0.2, -0.15) is 0 Å². The Morgan fingerprint density at radius 2 is 1.37 bits per heavy atom. The van der Waals surface area contributed by atoms with Crippen LogP contribution in [0, 0.1) is 0 Å². The zero-order valence-electron chi connectivity index (χ0n) is 29.8. The molecule has 0 saturated carbocycles. The molecular weight excluding hydrogens is 634 g/mol. The Bertz CT molecular complexity index is 2340. The fraction of sp³-hybridized carbons (Fsp3) is 0.244. The molecule has 1 aliphatic rings. The first-order valence-electron chi connectivity index (χ1n) is 17.4. The molecule has 1 heterocycles. The van der Waals surface area contributed by atoms with E-state index in [1.807, 2.05) is 84.9 Å². The summed E-state index contributed by atoms with van der Waals surface area (Å²) in [5, 5.41) is 13.6. The van der Waals surface area contributed by atoms with Gasteiger partial charge >= 0.3 is 5.97 Å². The van der Waals surface area contributed by atoms with Gasteiger partial charge in [0.1, 0.15) is 17.2 Å². The second-order valence-electron chi connectivity index (χ2n) is 15.5. The van der Waals surface area contributed by atoms with Crippen LogP contribution in [0.3, 0.4) is 0 Å². The number of aromatic hydroxyl groups is 1.